The molecule has 1 saturated heterocycles. The zero-order valence-corrected chi connectivity index (χ0v) is 9.02. The Labute approximate surface area is 85.6 Å². The molecule has 78 valence electrons. The highest BCUT2D eigenvalue weighted by molar-refractivity contribution is 5.85. The van der Waals surface area contributed by atoms with Crippen LogP contribution in [-0.2, 0) is 9.53 Å². The predicted octanol–water partition coefficient (Wildman–Crippen LogP) is 1.36. The van der Waals surface area contributed by atoms with Gasteiger partial charge in [0.15, 0.2) is 0 Å². The number of carbonyl (C=O) groups excluding carboxylic acids is 1. The van der Waals surface area contributed by atoms with E-state index in [0.29, 0.717) is 12.5 Å². The zero-order chi connectivity index (χ0) is 8.97. The maximum Gasteiger partial charge on any atom is 0.323 e. The molecule has 1 heterocycles. The maximum atomic E-state index is 11.3. The number of ether oxygens (including phenoxy) is 1. The number of nitrogens with one attached hydrogen (secondary N) is 1. The molecule has 0 amide bonds. The topological polar surface area (TPSA) is 38.3 Å². The monoisotopic (exact) mass is 207 g/mol. The van der Waals surface area contributed by atoms with Gasteiger partial charge in [-0.3, -0.25) is 4.79 Å². The van der Waals surface area contributed by atoms with E-state index in [-0.39, 0.29) is 24.4 Å². The van der Waals surface area contributed by atoms with Crippen molar-refractivity contribution in [2.24, 2.45) is 5.92 Å². The normalized spacial score (nSPS) is 27.5. The van der Waals surface area contributed by atoms with Crippen LogP contribution >= 0.6 is 12.4 Å². The molecule has 1 fully saturated rings. The molecule has 0 radical (unpaired) electrons. The third kappa shape index (κ3) is 3.96. The molecular weight excluding hydrogens is 190 g/mol. The van der Waals surface area contributed by atoms with Gasteiger partial charge in [0.05, 0.1) is 6.61 Å². The minimum Gasteiger partial charge on any atom is -0.465 e. The molecule has 0 spiro atoms. The Hall–Kier alpha value is -0.280. The third-order valence-electron chi connectivity index (χ3n) is 2.24. The Bertz CT molecular complexity index is 164. The Morgan fingerprint density at radius 2 is 2.31 bits per heavy atom. The van der Waals surface area contributed by atoms with E-state index in [1.54, 1.807) is 0 Å². The summed E-state index contributed by atoms with van der Waals surface area (Å²) in [6.45, 7) is 5.42. The van der Waals surface area contributed by atoms with Crippen LogP contribution in [0.4, 0.5) is 0 Å². The van der Waals surface area contributed by atoms with Crippen LogP contribution in [0.1, 0.15) is 26.7 Å². The summed E-state index contributed by atoms with van der Waals surface area (Å²) in [5, 5.41) is 3.16. The minimum atomic E-state index is -0.0935. The summed E-state index contributed by atoms with van der Waals surface area (Å²) in [7, 11) is 0. The summed E-state index contributed by atoms with van der Waals surface area (Å²) in [5.41, 5.74) is 0. The largest absolute Gasteiger partial charge is 0.465 e. The van der Waals surface area contributed by atoms with E-state index in [1.807, 2.05) is 6.92 Å². The summed E-state index contributed by atoms with van der Waals surface area (Å²) >= 11 is 0. The highest BCUT2D eigenvalue weighted by Crippen LogP contribution is 2.15. The fourth-order valence-corrected chi connectivity index (χ4v) is 1.53. The zero-order valence-electron chi connectivity index (χ0n) is 8.21. The van der Waals surface area contributed by atoms with Gasteiger partial charge in [0.25, 0.3) is 0 Å². The molecule has 1 aliphatic heterocycles. The van der Waals surface area contributed by atoms with Gasteiger partial charge < -0.3 is 10.1 Å². The molecule has 1 aliphatic rings. The second-order valence-electron chi connectivity index (χ2n) is 3.39. The SMILES string of the molecule is CCOC(=O)[C@H]1C[C@H](C)CCN1.Cl. The molecular formula is C9H18ClNO2. The lowest BCUT2D eigenvalue weighted by Gasteiger charge is -2.26. The standard InChI is InChI=1S/C9H17NO2.ClH/c1-3-12-9(11)8-6-7(2)4-5-10-8;/h7-8,10H,3-6H2,1-2H3;1H/t7-,8-;/m1./s1. The van der Waals surface area contributed by atoms with Crippen LogP contribution in [0.5, 0.6) is 0 Å². The average Bonchev–Trinajstić information content (AvgIpc) is 2.05. The fraction of sp³-hybridized carbons (Fsp3) is 0.889. The summed E-state index contributed by atoms with van der Waals surface area (Å²) in [6, 6.07) is -0.0614. The van der Waals surface area contributed by atoms with Crippen LogP contribution in [0.3, 0.4) is 0 Å². The average molecular weight is 208 g/mol. The van der Waals surface area contributed by atoms with Crippen molar-refractivity contribution in [2.45, 2.75) is 32.7 Å². The summed E-state index contributed by atoms with van der Waals surface area (Å²) < 4.78 is 4.93. The number of esters is 1. The van der Waals surface area contributed by atoms with E-state index in [9.17, 15) is 4.79 Å². The summed E-state index contributed by atoms with van der Waals surface area (Å²) in [4.78, 5) is 11.3. The summed E-state index contributed by atoms with van der Waals surface area (Å²) in [6.07, 6.45) is 2.08. The van der Waals surface area contributed by atoms with E-state index in [1.165, 1.54) is 0 Å². The third-order valence-corrected chi connectivity index (χ3v) is 2.24. The van der Waals surface area contributed by atoms with E-state index in [4.69, 9.17) is 4.74 Å². The molecule has 0 unspecified atom stereocenters. The van der Waals surface area contributed by atoms with Crippen LogP contribution in [0.2, 0.25) is 0 Å². The Balaban J connectivity index is 0.00000144. The second-order valence-corrected chi connectivity index (χ2v) is 3.39. The molecule has 0 bridgehead atoms. The van der Waals surface area contributed by atoms with Gasteiger partial charge in [-0.2, -0.15) is 0 Å². The van der Waals surface area contributed by atoms with Crippen molar-refractivity contribution in [2.75, 3.05) is 13.2 Å². The van der Waals surface area contributed by atoms with E-state index in [2.05, 4.69) is 12.2 Å². The molecule has 0 aromatic heterocycles. The Morgan fingerprint density at radius 1 is 1.62 bits per heavy atom. The number of piperidine rings is 1. The van der Waals surface area contributed by atoms with Gasteiger partial charge in [0.1, 0.15) is 6.04 Å². The smallest absolute Gasteiger partial charge is 0.323 e. The first-order chi connectivity index (χ1) is 5.74. The van der Waals surface area contributed by atoms with Gasteiger partial charge in [-0.25, -0.2) is 0 Å². The van der Waals surface area contributed by atoms with Gasteiger partial charge >= 0.3 is 5.97 Å². The molecule has 0 aromatic rings. The number of halogens is 1. The van der Waals surface area contributed by atoms with Crippen molar-refractivity contribution >= 4 is 18.4 Å². The molecule has 0 aromatic carbocycles. The van der Waals surface area contributed by atoms with Gasteiger partial charge in [-0.05, 0) is 32.2 Å². The first-order valence-electron chi connectivity index (χ1n) is 4.64. The second kappa shape index (κ2) is 6.22. The van der Waals surface area contributed by atoms with Gasteiger partial charge in [0.2, 0.25) is 0 Å². The van der Waals surface area contributed by atoms with E-state index < -0.39 is 0 Å². The van der Waals surface area contributed by atoms with Crippen molar-refractivity contribution in [3.05, 3.63) is 0 Å². The van der Waals surface area contributed by atoms with Crippen molar-refractivity contribution in [1.29, 1.82) is 0 Å². The number of hydrogen-bond acceptors (Lipinski definition) is 3. The van der Waals surface area contributed by atoms with Crippen LogP contribution in [-0.4, -0.2) is 25.2 Å². The highest BCUT2D eigenvalue weighted by atomic mass is 35.5. The molecule has 2 atom stereocenters. The van der Waals surface area contributed by atoms with Crippen LogP contribution in [0.25, 0.3) is 0 Å². The molecule has 1 N–H and O–H groups in total. The number of carbonyl (C=O) groups is 1. The van der Waals surface area contributed by atoms with Crippen LogP contribution in [0, 0.1) is 5.92 Å². The molecule has 0 aliphatic carbocycles. The molecule has 4 heteroatoms. The molecule has 3 nitrogen and oxygen atoms in total. The Kier molecular flexibility index (Phi) is 6.08. The lowest BCUT2D eigenvalue weighted by atomic mass is 9.94. The van der Waals surface area contributed by atoms with Crippen LogP contribution in [0.15, 0.2) is 0 Å². The number of hydrogen-bond donors (Lipinski definition) is 1. The minimum absolute atomic E-state index is 0. The molecule has 0 saturated carbocycles. The Morgan fingerprint density at radius 3 is 2.85 bits per heavy atom. The quantitative estimate of drug-likeness (QED) is 0.695. The van der Waals surface area contributed by atoms with Gasteiger partial charge in [-0.15, -0.1) is 12.4 Å². The van der Waals surface area contributed by atoms with Gasteiger partial charge in [-0.1, -0.05) is 6.92 Å². The van der Waals surface area contributed by atoms with Gasteiger partial charge in [0, 0.05) is 0 Å². The van der Waals surface area contributed by atoms with Crippen molar-refractivity contribution in [3.8, 4) is 0 Å². The molecule has 1 rings (SSSR count). The van der Waals surface area contributed by atoms with E-state index >= 15 is 0 Å². The first-order valence-corrected chi connectivity index (χ1v) is 4.64. The fourth-order valence-electron chi connectivity index (χ4n) is 1.53. The van der Waals surface area contributed by atoms with Crippen molar-refractivity contribution in [1.82, 2.24) is 5.32 Å². The number of rotatable bonds is 2. The van der Waals surface area contributed by atoms with Crippen LogP contribution < -0.4 is 5.32 Å². The summed E-state index contributed by atoms with van der Waals surface area (Å²) in [5.74, 6) is 0.546. The first kappa shape index (κ1) is 12.7. The maximum absolute atomic E-state index is 11.3. The predicted molar refractivity (Wildman–Crippen MR) is 54.1 cm³/mol. The highest BCUT2D eigenvalue weighted by Gasteiger charge is 2.25. The van der Waals surface area contributed by atoms with Crippen molar-refractivity contribution < 1.29 is 9.53 Å². The lowest BCUT2D eigenvalue weighted by Crippen LogP contribution is -2.43. The van der Waals surface area contributed by atoms with E-state index in [0.717, 1.165) is 19.4 Å². The van der Waals surface area contributed by atoms with Crippen molar-refractivity contribution in [3.63, 3.8) is 0 Å². The molecule has 13 heavy (non-hydrogen) atoms. The lowest BCUT2D eigenvalue weighted by molar-refractivity contribution is -0.146.